The smallest absolute Gasteiger partial charge is 0.251 e. The molecule has 0 saturated carbocycles. The second kappa shape index (κ2) is 12.1. The summed E-state index contributed by atoms with van der Waals surface area (Å²) in [5, 5.41) is 15.4. The zero-order valence-electron chi connectivity index (χ0n) is 24.3. The summed E-state index contributed by atoms with van der Waals surface area (Å²) in [7, 11) is 0. The molecule has 0 aliphatic heterocycles. The molecule has 0 radical (unpaired) electrons. The molecular formula is C32H37N5O2S. The Morgan fingerprint density at radius 2 is 1.62 bits per heavy atom. The molecule has 7 nitrogen and oxygen atoms in total. The molecule has 208 valence electrons. The van der Waals surface area contributed by atoms with E-state index in [0.29, 0.717) is 16.5 Å². The van der Waals surface area contributed by atoms with Gasteiger partial charge in [0.05, 0.1) is 18.0 Å². The van der Waals surface area contributed by atoms with E-state index in [0.717, 1.165) is 33.6 Å². The van der Waals surface area contributed by atoms with Crippen molar-refractivity contribution in [2.24, 2.45) is 0 Å². The molecule has 0 aliphatic rings. The molecule has 1 aromatic heterocycles. The van der Waals surface area contributed by atoms with Crippen LogP contribution in [0, 0.1) is 27.7 Å². The number of aromatic nitrogens is 3. The van der Waals surface area contributed by atoms with Crippen molar-refractivity contribution in [2.45, 2.75) is 65.6 Å². The highest BCUT2D eigenvalue weighted by Gasteiger charge is 2.20. The summed E-state index contributed by atoms with van der Waals surface area (Å²) in [5.41, 5.74) is 7.79. The van der Waals surface area contributed by atoms with Crippen LogP contribution < -0.4 is 10.6 Å². The molecule has 0 bridgehead atoms. The molecule has 0 unspecified atom stereocenters. The fourth-order valence-corrected chi connectivity index (χ4v) is 5.06. The molecular weight excluding hydrogens is 518 g/mol. The summed E-state index contributed by atoms with van der Waals surface area (Å²) in [6, 6.07) is 19.7. The van der Waals surface area contributed by atoms with E-state index in [4.69, 9.17) is 0 Å². The lowest BCUT2D eigenvalue weighted by atomic mass is 9.87. The number of nitrogens with one attached hydrogen (secondary N) is 2. The Morgan fingerprint density at radius 3 is 2.33 bits per heavy atom. The third-order valence-electron chi connectivity index (χ3n) is 6.94. The first-order valence-corrected chi connectivity index (χ1v) is 14.3. The van der Waals surface area contributed by atoms with Gasteiger partial charge in [-0.3, -0.25) is 14.2 Å². The zero-order valence-corrected chi connectivity index (χ0v) is 25.1. The topological polar surface area (TPSA) is 88.9 Å². The van der Waals surface area contributed by atoms with Crippen LogP contribution in [0.2, 0.25) is 0 Å². The Hall–Kier alpha value is -3.91. The van der Waals surface area contributed by atoms with Gasteiger partial charge in [-0.1, -0.05) is 68.9 Å². The first kappa shape index (κ1) is 29.1. The summed E-state index contributed by atoms with van der Waals surface area (Å²) in [6.45, 7) is 14.7. The molecule has 8 heteroatoms. The van der Waals surface area contributed by atoms with Gasteiger partial charge in [-0.2, -0.15) is 0 Å². The van der Waals surface area contributed by atoms with Crippen LogP contribution in [-0.4, -0.2) is 32.3 Å². The van der Waals surface area contributed by atoms with Gasteiger partial charge in [-0.05, 0) is 85.2 Å². The Labute approximate surface area is 240 Å². The highest BCUT2D eigenvalue weighted by atomic mass is 32.2. The summed E-state index contributed by atoms with van der Waals surface area (Å²) < 4.78 is 1.93. The number of hydrogen-bond acceptors (Lipinski definition) is 5. The molecule has 2 amide bonds. The third kappa shape index (κ3) is 6.80. The molecule has 0 atom stereocenters. The van der Waals surface area contributed by atoms with Crippen molar-refractivity contribution in [3.8, 4) is 5.69 Å². The van der Waals surface area contributed by atoms with Gasteiger partial charge in [0.1, 0.15) is 0 Å². The molecule has 0 fully saturated rings. The average molecular weight is 556 g/mol. The number of anilines is 1. The van der Waals surface area contributed by atoms with Gasteiger partial charge in [-0.15, -0.1) is 10.2 Å². The quantitative estimate of drug-likeness (QED) is 0.244. The van der Waals surface area contributed by atoms with Gasteiger partial charge in [0, 0.05) is 11.3 Å². The number of hydrogen-bond donors (Lipinski definition) is 2. The number of benzene rings is 3. The van der Waals surface area contributed by atoms with Crippen LogP contribution in [0.15, 0.2) is 65.8 Å². The summed E-state index contributed by atoms with van der Waals surface area (Å²) in [5.74, 6) is 0.453. The van der Waals surface area contributed by atoms with Gasteiger partial charge in [-0.25, -0.2) is 0 Å². The molecule has 0 aliphatic carbocycles. The minimum Gasteiger partial charge on any atom is -0.345 e. The van der Waals surface area contributed by atoms with Crippen LogP contribution in [0.3, 0.4) is 0 Å². The van der Waals surface area contributed by atoms with Gasteiger partial charge in [0.2, 0.25) is 5.91 Å². The van der Waals surface area contributed by atoms with E-state index in [1.54, 1.807) is 0 Å². The molecule has 40 heavy (non-hydrogen) atoms. The molecule has 3 aromatic carbocycles. The van der Waals surface area contributed by atoms with Crippen molar-refractivity contribution in [1.29, 1.82) is 0 Å². The summed E-state index contributed by atoms with van der Waals surface area (Å²) in [6.07, 6.45) is 0. The lowest BCUT2D eigenvalue weighted by Crippen LogP contribution is -2.25. The molecule has 2 N–H and O–H groups in total. The van der Waals surface area contributed by atoms with Crippen LogP contribution in [-0.2, 0) is 16.8 Å². The average Bonchev–Trinajstić information content (AvgIpc) is 3.31. The Balaban J connectivity index is 1.53. The van der Waals surface area contributed by atoms with Crippen molar-refractivity contribution in [1.82, 2.24) is 20.1 Å². The van der Waals surface area contributed by atoms with Crippen molar-refractivity contribution in [3.05, 3.63) is 99.9 Å². The number of aryl methyl sites for hydroxylation is 3. The van der Waals surface area contributed by atoms with Gasteiger partial charge < -0.3 is 10.6 Å². The first-order valence-electron chi connectivity index (χ1n) is 13.3. The maximum Gasteiger partial charge on any atom is 0.251 e. The molecule has 1 heterocycles. The van der Waals surface area contributed by atoms with E-state index in [2.05, 4.69) is 54.6 Å². The van der Waals surface area contributed by atoms with E-state index in [1.165, 1.54) is 17.3 Å². The van der Waals surface area contributed by atoms with Crippen molar-refractivity contribution >= 4 is 29.3 Å². The van der Waals surface area contributed by atoms with Crippen molar-refractivity contribution < 1.29 is 9.59 Å². The van der Waals surface area contributed by atoms with Crippen LogP contribution in [0.25, 0.3) is 5.69 Å². The standard InChI is InChI=1S/C32H37N5O2S/c1-20-11-12-22(3)26(17-20)34-29(38)19-40-31-36-35-28(37(31)27-10-8-9-21(2)23(27)4)18-33-30(39)24-13-15-25(16-14-24)32(5,6)7/h8-17H,18-19H2,1-7H3,(H,33,39)(H,34,38). The van der Waals surface area contributed by atoms with Crippen molar-refractivity contribution in [3.63, 3.8) is 0 Å². The number of carbonyl (C=O) groups is 2. The lowest BCUT2D eigenvalue weighted by molar-refractivity contribution is -0.113. The highest BCUT2D eigenvalue weighted by Crippen LogP contribution is 2.27. The number of amides is 2. The monoisotopic (exact) mass is 555 g/mol. The summed E-state index contributed by atoms with van der Waals surface area (Å²) in [4.78, 5) is 25.8. The minimum absolute atomic E-state index is 0.0148. The van der Waals surface area contributed by atoms with E-state index < -0.39 is 0 Å². The zero-order chi connectivity index (χ0) is 29.0. The molecule has 4 rings (SSSR count). The number of nitrogens with zero attached hydrogens (tertiary/aromatic N) is 3. The van der Waals surface area contributed by atoms with Crippen LogP contribution in [0.5, 0.6) is 0 Å². The van der Waals surface area contributed by atoms with E-state index >= 15 is 0 Å². The van der Waals surface area contributed by atoms with Crippen molar-refractivity contribution in [2.75, 3.05) is 11.1 Å². The van der Waals surface area contributed by atoms with E-state index in [-0.39, 0.29) is 29.5 Å². The number of thioether (sulfide) groups is 1. The Morgan fingerprint density at radius 1 is 0.900 bits per heavy atom. The highest BCUT2D eigenvalue weighted by molar-refractivity contribution is 7.99. The molecule has 0 saturated heterocycles. The maximum atomic E-state index is 13.0. The Kier molecular flexibility index (Phi) is 8.79. The van der Waals surface area contributed by atoms with E-state index in [9.17, 15) is 9.59 Å². The lowest BCUT2D eigenvalue weighted by Gasteiger charge is -2.19. The second-order valence-corrected chi connectivity index (χ2v) is 12.1. The molecule has 0 spiro atoms. The van der Waals surface area contributed by atoms with E-state index in [1.807, 2.05) is 79.9 Å². The Bertz CT molecular complexity index is 1530. The maximum absolute atomic E-state index is 13.0. The van der Waals surface area contributed by atoms with Gasteiger partial charge in [0.25, 0.3) is 5.91 Å². The fourth-order valence-electron chi connectivity index (χ4n) is 4.30. The summed E-state index contributed by atoms with van der Waals surface area (Å²) >= 11 is 1.31. The SMILES string of the molecule is Cc1ccc(C)c(NC(=O)CSc2nnc(CNC(=O)c3ccc(C(C)(C)C)cc3)n2-c2cccc(C)c2C)c1. The molecule has 4 aromatic rings. The fraction of sp³-hybridized carbons (Fsp3) is 0.312. The largest absolute Gasteiger partial charge is 0.345 e. The van der Waals surface area contributed by atoms with Crippen LogP contribution in [0.1, 0.15) is 64.8 Å². The third-order valence-corrected chi connectivity index (χ3v) is 7.87. The normalized spacial score (nSPS) is 11.4. The van der Waals surface area contributed by atoms with Crippen LogP contribution in [0.4, 0.5) is 5.69 Å². The number of carbonyl (C=O) groups excluding carboxylic acids is 2. The van der Waals surface area contributed by atoms with Crippen LogP contribution >= 0.6 is 11.8 Å². The first-order chi connectivity index (χ1) is 18.9. The number of rotatable bonds is 8. The predicted molar refractivity (Wildman–Crippen MR) is 162 cm³/mol. The predicted octanol–water partition coefficient (Wildman–Crippen LogP) is 6.46. The van der Waals surface area contributed by atoms with Gasteiger partial charge in [0.15, 0.2) is 11.0 Å². The van der Waals surface area contributed by atoms with Gasteiger partial charge >= 0.3 is 0 Å². The second-order valence-electron chi connectivity index (χ2n) is 11.1. The minimum atomic E-state index is -0.182.